The molecule has 0 bridgehead atoms. The molecule has 0 aliphatic carbocycles. The molecule has 1 atom stereocenters. The van der Waals surface area contributed by atoms with Crippen LogP contribution in [0.2, 0.25) is 0 Å². The molecular weight excluding hydrogens is 369 g/mol. The van der Waals surface area contributed by atoms with Crippen molar-refractivity contribution in [2.45, 2.75) is 57.8 Å². The number of amides is 1. The Bertz CT molecular complexity index is 864. The molecule has 7 heteroatoms. The summed E-state index contributed by atoms with van der Waals surface area (Å²) in [5.74, 6) is 0.127. The van der Waals surface area contributed by atoms with E-state index in [0.717, 1.165) is 17.9 Å². The van der Waals surface area contributed by atoms with Crippen molar-refractivity contribution in [1.82, 2.24) is 10.4 Å². The number of hydrazine groups is 1. The molecule has 1 amide bonds. The number of halogens is 3. The van der Waals surface area contributed by atoms with Crippen LogP contribution in [0, 0.1) is 0 Å². The van der Waals surface area contributed by atoms with Crippen molar-refractivity contribution in [1.29, 1.82) is 0 Å². The lowest BCUT2D eigenvalue weighted by Gasteiger charge is -2.38. The van der Waals surface area contributed by atoms with Crippen molar-refractivity contribution in [3.63, 3.8) is 0 Å². The average Bonchev–Trinajstić information content (AvgIpc) is 2.86. The van der Waals surface area contributed by atoms with Gasteiger partial charge in [-0.15, -0.1) is 0 Å². The fourth-order valence-corrected chi connectivity index (χ4v) is 3.62. The maximum absolute atomic E-state index is 14.2. The Kier molecular flexibility index (Phi) is 5.57. The number of carbonyl (C=O) groups excluding carboxylic acids is 1. The SMILES string of the molecule is CCCCOc1ccc2cccc(C(N3NC(=O)CC3(C)C)C(F)(F)F)c2c1. The first kappa shape index (κ1) is 20.5. The summed E-state index contributed by atoms with van der Waals surface area (Å²) in [6, 6.07) is 8.09. The number of alkyl halides is 3. The quantitative estimate of drug-likeness (QED) is 0.690. The second-order valence-electron chi connectivity index (χ2n) is 7.77. The largest absolute Gasteiger partial charge is 0.494 e. The molecule has 1 N–H and O–H groups in total. The van der Waals surface area contributed by atoms with Crippen molar-refractivity contribution in [2.24, 2.45) is 0 Å². The molecule has 3 rings (SSSR count). The molecule has 0 aromatic heterocycles. The van der Waals surface area contributed by atoms with Crippen LogP contribution in [0.3, 0.4) is 0 Å². The molecule has 28 heavy (non-hydrogen) atoms. The number of rotatable bonds is 6. The lowest BCUT2D eigenvalue weighted by Crippen LogP contribution is -2.51. The third kappa shape index (κ3) is 4.09. The molecule has 1 aliphatic heterocycles. The number of carbonyl (C=O) groups is 1. The topological polar surface area (TPSA) is 41.6 Å². The molecule has 0 spiro atoms. The van der Waals surface area contributed by atoms with Crippen LogP contribution in [0.4, 0.5) is 13.2 Å². The highest BCUT2D eigenvalue weighted by molar-refractivity contribution is 5.88. The number of nitrogens with one attached hydrogen (secondary N) is 1. The van der Waals surface area contributed by atoms with Crippen LogP contribution in [-0.4, -0.2) is 29.2 Å². The van der Waals surface area contributed by atoms with Crippen LogP contribution >= 0.6 is 0 Å². The fraction of sp³-hybridized carbons (Fsp3) is 0.476. The molecule has 0 saturated carbocycles. The van der Waals surface area contributed by atoms with Crippen LogP contribution in [0.25, 0.3) is 10.8 Å². The second-order valence-corrected chi connectivity index (χ2v) is 7.77. The minimum atomic E-state index is -4.57. The van der Waals surface area contributed by atoms with E-state index in [2.05, 4.69) is 5.43 Å². The first-order valence-corrected chi connectivity index (χ1v) is 9.44. The predicted octanol–water partition coefficient (Wildman–Crippen LogP) is 5.14. The molecular formula is C21H25F3N2O2. The first-order valence-electron chi connectivity index (χ1n) is 9.44. The zero-order valence-corrected chi connectivity index (χ0v) is 16.3. The predicted molar refractivity (Wildman–Crippen MR) is 102 cm³/mol. The monoisotopic (exact) mass is 394 g/mol. The summed E-state index contributed by atoms with van der Waals surface area (Å²) in [6.07, 6.45) is -2.71. The van der Waals surface area contributed by atoms with Gasteiger partial charge in [0.1, 0.15) is 5.75 Å². The van der Waals surface area contributed by atoms with Crippen LogP contribution in [0.15, 0.2) is 36.4 Å². The van der Waals surface area contributed by atoms with Gasteiger partial charge in [0.15, 0.2) is 6.04 Å². The standard InChI is InChI=1S/C21H25F3N2O2/c1-4-5-11-28-15-10-9-14-7-6-8-16(17(14)12-15)19(21(22,23)24)26-20(2,3)13-18(27)25-26/h6-10,12,19H,4-5,11,13H2,1-3H3,(H,25,27). The third-order valence-electron chi connectivity index (χ3n) is 5.01. The van der Waals surface area contributed by atoms with E-state index in [1.165, 1.54) is 6.07 Å². The van der Waals surface area contributed by atoms with Crippen molar-refractivity contribution < 1.29 is 22.7 Å². The van der Waals surface area contributed by atoms with E-state index in [1.54, 1.807) is 44.2 Å². The maximum Gasteiger partial charge on any atom is 0.409 e. The molecule has 2 aromatic carbocycles. The number of benzene rings is 2. The Morgan fingerprint density at radius 1 is 1.25 bits per heavy atom. The summed E-state index contributed by atoms with van der Waals surface area (Å²) in [4.78, 5) is 11.9. The number of fused-ring (bicyclic) bond motifs is 1. The summed E-state index contributed by atoms with van der Waals surface area (Å²) >= 11 is 0. The van der Waals surface area contributed by atoms with E-state index in [-0.39, 0.29) is 12.0 Å². The number of unbranched alkanes of at least 4 members (excludes halogenated alkanes) is 1. The Balaban J connectivity index is 2.09. The molecule has 1 aliphatic rings. The van der Waals surface area contributed by atoms with Crippen LogP contribution in [0.1, 0.15) is 51.6 Å². The molecule has 152 valence electrons. The summed E-state index contributed by atoms with van der Waals surface area (Å²) in [6.45, 7) is 5.83. The van der Waals surface area contributed by atoms with E-state index in [1.807, 2.05) is 6.92 Å². The molecule has 2 aromatic rings. The van der Waals surface area contributed by atoms with Crippen LogP contribution in [0.5, 0.6) is 5.75 Å². The number of hydrogen-bond acceptors (Lipinski definition) is 3. The molecule has 1 saturated heterocycles. The van der Waals surface area contributed by atoms with Gasteiger partial charge in [0, 0.05) is 12.0 Å². The minimum Gasteiger partial charge on any atom is -0.494 e. The lowest BCUT2D eigenvalue weighted by atomic mass is 9.93. The minimum absolute atomic E-state index is 0.00965. The van der Waals surface area contributed by atoms with E-state index in [0.29, 0.717) is 23.1 Å². The van der Waals surface area contributed by atoms with Gasteiger partial charge >= 0.3 is 6.18 Å². The fourth-order valence-electron chi connectivity index (χ4n) is 3.62. The van der Waals surface area contributed by atoms with Gasteiger partial charge in [0.25, 0.3) is 0 Å². The van der Waals surface area contributed by atoms with Gasteiger partial charge in [-0.2, -0.15) is 18.2 Å². The number of hydrogen-bond donors (Lipinski definition) is 1. The van der Waals surface area contributed by atoms with Crippen LogP contribution in [-0.2, 0) is 4.79 Å². The zero-order valence-electron chi connectivity index (χ0n) is 16.3. The normalized spacial score (nSPS) is 18.3. The molecule has 1 heterocycles. The lowest BCUT2D eigenvalue weighted by molar-refractivity contribution is -0.203. The van der Waals surface area contributed by atoms with Gasteiger partial charge in [-0.05, 0) is 48.7 Å². The van der Waals surface area contributed by atoms with E-state index >= 15 is 0 Å². The van der Waals surface area contributed by atoms with E-state index in [9.17, 15) is 18.0 Å². The Morgan fingerprint density at radius 3 is 2.61 bits per heavy atom. The van der Waals surface area contributed by atoms with Gasteiger partial charge in [-0.25, -0.2) is 0 Å². The van der Waals surface area contributed by atoms with E-state index < -0.39 is 23.7 Å². The Morgan fingerprint density at radius 2 is 2.00 bits per heavy atom. The summed E-state index contributed by atoms with van der Waals surface area (Å²) in [5.41, 5.74) is 1.55. The molecule has 0 radical (unpaired) electrons. The van der Waals surface area contributed by atoms with Crippen LogP contribution < -0.4 is 10.2 Å². The third-order valence-corrected chi connectivity index (χ3v) is 5.01. The van der Waals surface area contributed by atoms with Gasteiger partial charge in [0.05, 0.1) is 6.61 Å². The summed E-state index contributed by atoms with van der Waals surface area (Å²) in [7, 11) is 0. The average molecular weight is 394 g/mol. The smallest absolute Gasteiger partial charge is 0.409 e. The van der Waals surface area contributed by atoms with E-state index in [4.69, 9.17) is 4.74 Å². The highest BCUT2D eigenvalue weighted by Gasteiger charge is 2.53. The highest BCUT2D eigenvalue weighted by atomic mass is 19.4. The Hall–Kier alpha value is -2.28. The first-order chi connectivity index (χ1) is 13.1. The molecule has 4 nitrogen and oxygen atoms in total. The Labute approximate surface area is 162 Å². The van der Waals surface area contributed by atoms with Gasteiger partial charge < -0.3 is 4.74 Å². The summed E-state index contributed by atoms with van der Waals surface area (Å²) < 4.78 is 48.2. The zero-order chi connectivity index (χ0) is 20.5. The summed E-state index contributed by atoms with van der Waals surface area (Å²) in [5, 5.41) is 2.20. The van der Waals surface area contributed by atoms with Crippen molar-refractivity contribution in [2.75, 3.05) is 6.61 Å². The number of nitrogens with zero attached hydrogens (tertiary/aromatic N) is 1. The van der Waals surface area contributed by atoms with Gasteiger partial charge in [-0.3, -0.25) is 10.2 Å². The van der Waals surface area contributed by atoms with Crippen molar-refractivity contribution >= 4 is 16.7 Å². The number of ether oxygens (including phenoxy) is 1. The second kappa shape index (κ2) is 7.62. The van der Waals surface area contributed by atoms with Gasteiger partial charge in [-0.1, -0.05) is 37.6 Å². The molecule has 1 unspecified atom stereocenters. The maximum atomic E-state index is 14.2. The van der Waals surface area contributed by atoms with Crippen molar-refractivity contribution in [3.05, 3.63) is 42.0 Å². The van der Waals surface area contributed by atoms with Crippen molar-refractivity contribution in [3.8, 4) is 5.75 Å². The highest BCUT2D eigenvalue weighted by Crippen LogP contribution is 2.45. The van der Waals surface area contributed by atoms with Gasteiger partial charge in [0.2, 0.25) is 5.91 Å². The molecule has 1 fully saturated rings.